The topological polar surface area (TPSA) is 79.9 Å². The van der Waals surface area contributed by atoms with E-state index in [9.17, 15) is 4.79 Å². The average Bonchev–Trinajstić information content (AvgIpc) is 3.05. The number of carbonyl (C=O) groups is 1. The molecule has 3 rings (SSSR count). The molecule has 0 bridgehead atoms. The molecular weight excluding hydrogens is 268 g/mol. The Hall–Kier alpha value is -3.15. The van der Waals surface area contributed by atoms with E-state index < -0.39 is 0 Å². The number of hydrogen-bond acceptors (Lipinski definition) is 4. The molecule has 0 spiro atoms. The van der Waals surface area contributed by atoms with Crippen LogP contribution >= 0.6 is 0 Å². The van der Waals surface area contributed by atoms with Gasteiger partial charge in [-0.25, -0.2) is 4.98 Å². The fourth-order valence-corrected chi connectivity index (χ4v) is 1.71. The molecule has 0 atom stereocenters. The summed E-state index contributed by atoms with van der Waals surface area (Å²) in [4.78, 5) is 22.8. The van der Waals surface area contributed by atoms with Gasteiger partial charge in [-0.05, 0) is 30.3 Å². The Balaban J connectivity index is 1.65. The fraction of sp³-hybridized carbons (Fsp3) is 0. The zero-order chi connectivity index (χ0) is 14.5. The lowest BCUT2D eigenvalue weighted by molar-refractivity contribution is 0.102. The summed E-state index contributed by atoms with van der Waals surface area (Å²) in [6, 6.07) is 10.4. The molecule has 2 N–H and O–H groups in total. The van der Waals surface area contributed by atoms with Crippen LogP contribution in [-0.4, -0.2) is 20.9 Å². The number of aromatic nitrogens is 3. The Labute approximate surface area is 120 Å². The number of anilines is 1. The number of nitrogens with zero attached hydrogens (tertiary/aromatic N) is 2. The van der Waals surface area contributed by atoms with Gasteiger partial charge < -0.3 is 15.0 Å². The predicted octanol–water partition coefficient (Wildman–Crippen LogP) is 2.85. The van der Waals surface area contributed by atoms with E-state index in [1.807, 2.05) is 0 Å². The van der Waals surface area contributed by atoms with Crippen molar-refractivity contribution in [1.29, 1.82) is 0 Å². The molecule has 3 aromatic heterocycles. The molecule has 0 unspecified atom stereocenters. The zero-order valence-corrected chi connectivity index (χ0v) is 11.0. The Morgan fingerprint density at radius 2 is 2.10 bits per heavy atom. The van der Waals surface area contributed by atoms with E-state index in [0.29, 0.717) is 23.0 Å². The van der Waals surface area contributed by atoms with Gasteiger partial charge in [-0.15, -0.1) is 0 Å². The number of carbonyl (C=O) groups excluding carboxylic acids is 1. The number of nitrogens with one attached hydrogen (secondary N) is 2. The van der Waals surface area contributed by atoms with Gasteiger partial charge in [0.05, 0.1) is 18.1 Å². The molecule has 0 aromatic carbocycles. The molecule has 0 fully saturated rings. The van der Waals surface area contributed by atoms with Crippen molar-refractivity contribution in [2.24, 2.45) is 0 Å². The second kappa shape index (κ2) is 5.87. The number of H-pyrrole nitrogens is 1. The molecule has 0 aliphatic carbocycles. The van der Waals surface area contributed by atoms with Gasteiger partial charge >= 0.3 is 0 Å². The summed E-state index contributed by atoms with van der Waals surface area (Å²) in [6.45, 7) is 0. The highest BCUT2D eigenvalue weighted by Gasteiger charge is 2.06. The lowest BCUT2D eigenvalue weighted by atomic mass is 10.3. The first kappa shape index (κ1) is 12.9. The van der Waals surface area contributed by atoms with Crippen molar-refractivity contribution in [3.8, 4) is 11.6 Å². The second-order valence-corrected chi connectivity index (χ2v) is 4.21. The van der Waals surface area contributed by atoms with Crippen LogP contribution in [0, 0.1) is 0 Å². The van der Waals surface area contributed by atoms with Crippen molar-refractivity contribution in [3.63, 3.8) is 0 Å². The third-order valence-electron chi connectivity index (χ3n) is 2.69. The molecule has 104 valence electrons. The molecule has 6 nitrogen and oxygen atoms in total. The summed E-state index contributed by atoms with van der Waals surface area (Å²) in [5, 5.41) is 2.73. The Bertz CT molecular complexity index is 709. The van der Waals surface area contributed by atoms with E-state index in [1.165, 1.54) is 6.20 Å². The summed E-state index contributed by atoms with van der Waals surface area (Å²) in [6.07, 6.45) is 6.49. The SMILES string of the molecule is O=C(Nc1ccc(Oc2cccnc2)nc1)c1ccc[nH]1. The smallest absolute Gasteiger partial charge is 0.272 e. The van der Waals surface area contributed by atoms with Crippen LogP contribution < -0.4 is 10.1 Å². The minimum Gasteiger partial charge on any atom is -0.437 e. The van der Waals surface area contributed by atoms with Gasteiger partial charge in [-0.3, -0.25) is 9.78 Å². The monoisotopic (exact) mass is 280 g/mol. The molecule has 0 aliphatic rings. The van der Waals surface area contributed by atoms with Crippen LogP contribution in [0.25, 0.3) is 0 Å². The van der Waals surface area contributed by atoms with Crippen LogP contribution in [0.15, 0.2) is 61.2 Å². The number of aromatic amines is 1. The van der Waals surface area contributed by atoms with Crippen molar-refractivity contribution in [2.45, 2.75) is 0 Å². The minimum absolute atomic E-state index is 0.220. The highest BCUT2D eigenvalue weighted by molar-refractivity contribution is 6.02. The predicted molar refractivity (Wildman–Crippen MR) is 77.3 cm³/mol. The first-order valence-electron chi connectivity index (χ1n) is 6.30. The summed E-state index contributed by atoms with van der Waals surface area (Å²) in [7, 11) is 0. The number of hydrogen-bond donors (Lipinski definition) is 2. The van der Waals surface area contributed by atoms with Crippen LogP contribution in [0.4, 0.5) is 5.69 Å². The molecular formula is C15H12N4O2. The first-order chi connectivity index (χ1) is 10.3. The first-order valence-corrected chi connectivity index (χ1v) is 6.30. The molecule has 1 amide bonds. The lowest BCUT2D eigenvalue weighted by Gasteiger charge is -2.06. The van der Waals surface area contributed by atoms with Gasteiger partial charge in [0.1, 0.15) is 11.4 Å². The van der Waals surface area contributed by atoms with E-state index in [1.54, 1.807) is 55.0 Å². The maximum atomic E-state index is 11.8. The molecule has 6 heteroatoms. The van der Waals surface area contributed by atoms with Crippen molar-refractivity contribution in [1.82, 2.24) is 15.0 Å². The molecule has 0 aliphatic heterocycles. The molecule has 3 heterocycles. The van der Waals surface area contributed by atoms with Crippen LogP contribution in [-0.2, 0) is 0 Å². The van der Waals surface area contributed by atoms with E-state index >= 15 is 0 Å². The summed E-state index contributed by atoms with van der Waals surface area (Å²) in [5.41, 5.74) is 1.08. The van der Waals surface area contributed by atoms with Crippen molar-refractivity contribution < 1.29 is 9.53 Å². The summed E-state index contributed by atoms with van der Waals surface area (Å²) >= 11 is 0. The number of amides is 1. The van der Waals surface area contributed by atoms with Gasteiger partial charge in [0.2, 0.25) is 5.88 Å². The minimum atomic E-state index is -0.220. The van der Waals surface area contributed by atoms with Gasteiger partial charge in [0.15, 0.2) is 0 Å². The molecule has 0 saturated carbocycles. The Morgan fingerprint density at radius 1 is 1.14 bits per heavy atom. The molecule has 21 heavy (non-hydrogen) atoms. The van der Waals surface area contributed by atoms with Crippen LogP contribution in [0.2, 0.25) is 0 Å². The number of ether oxygens (including phenoxy) is 1. The molecule has 0 saturated heterocycles. The van der Waals surface area contributed by atoms with Crippen molar-refractivity contribution in [3.05, 3.63) is 66.9 Å². The number of rotatable bonds is 4. The van der Waals surface area contributed by atoms with Gasteiger partial charge in [0, 0.05) is 18.5 Å². The molecule has 3 aromatic rings. The van der Waals surface area contributed by atoms with Crippen LogP contribution in [0.3, 0.4) is 0 Å². The Kier molecular flexibility index (Phi) is 3.60. The molecule has 0 radical (unpaired) electrons. The number of pyridine rings is 2. The van der Waals surface area contributed by atoms with E-state index in [-0.39, 0.29) is 5.91 Å². The van der Waals surface area contributed by atoms with Crippen LogP contribution in [0.1, 0.15) is 10.5 Å². The highest BCUT2D eigenvalue weighted by atomic mass is 16.5. The third-order valence-corrected chi connectivity index (χ3v) is 2.69. The third kappa shape index (κ3) is 3.24. The van der Waals surface area contributed by atoms with E-state index in [2.05, 4.69) is 20.3 Å². The van der Waals surface area contributed by atoms with E-state index in [4.69, 9.17) is 4.74 Å². The standard InChI is InChI=1S/C15H12N4O2/c20-15(13-4-2-8-17-13)19-11-5-6-14(18-9-11)21-12-3-1-7-16-10-12/h1-10,17H,(H,19,20). The second-order valence-electron chi connectivity index (χ2n) is 4.21. The van der Waals surface area contributed by atoms with Gasteiger partial charge in [-0.1, -0.05) is 0 Å². The van der Waals surface area contributed by atoms with Crippen LogP contribution in [0.5, 0.6) is 11.6 Å². The highest BCUT2D eigenvalue weighted by Crippen LogP contribution is 2.19. The Morgan fingerprint density at radius 3 is 2.76 bits per heavy atom. The summed E-state index contributed by atoms with van der Waals surface area (Å²) in [5.74, 6) is 0.816. The lowest BCUT2D eigenvalue weighted by Crippen LogP contribution is -2.12. The van der Waals surface area contributed by atoms with E-state index in [0.717, 1.165) is 0 Å². The van der Waals surface area contributed by atoms with Gasteiger partial charge in [0.25, 0.3) is 5.91 Å². The zero-order valence-electron chi connectivity index (χ0n) is 11.0. The normalized spacial score (nSPS) is 10.1. The quantitative estimate of drug-likeness (QED) is 0.770. The maximum absolute atomic E-state index is 11.8. The fourth-order valence-electron chi connectivity index (χ4n) is 1.71. The maximum Gasteiger partial charge on any atom is 0.272 e. The summed E-state index contributed by atoms with van der Waals surface area (Å²) < 4.78 is 5.52. The van der Waals surface area contributed by atoms with Crippen molar-refractivity contribution in [2.75, 3.05) is 5.32 Å². The largest absolute Gasteiger partial charge is 0.437 e. The van der Waals surface area contributed by atoms with Gasteiger partial charge in [-0.2, -0.15) is 0 Å². The average molecular weight is 280 g/mol. The van der Waals surface area contributed by atoms with Crippen molar-refractivity contribution >= 4 is 11.6 Å².